The Balaban J connectivity index is 1.50. The van der Waals surface area contributed by atoms with E-state index in [4.69, 9.17) is 4.74 Å². The Labute approximate surface area is 190 Å². The molecule has 2 aliphatic rings. The molecule has 1 heterocycles. The van der Waals surface area contributed by atoms with Crippen molar-refractivity contribution in [3.8, 4) is 0 Å². The van der Waals surface area contributed by atoms with Gasteiger partial charge in [0, 0.05) is 30.4 Å². The number of morpholine rings is 1. The van der Waals surface area contributed by atoms with E-state index in [0.29, 0.717) is 31.1 Å². The maximum Gasteiger partial charge on any atom is 0.247 e. The molecular weight excluding hydrogens is 408 g/mol. The molecule has 1 aliphatic carbocycles. The normalized spacial score (nSPS) is 18.7. The van der Waals surface area contributed by atoms with E-state index >= 15 is 0 Å². The molecule has 0 spiro atoms. The Morgan fingerprint density at radius 2 is 1.56 bits per heavy atom. The van der Waals surface area contributed by atoms with Crippen LogP contribution >= 0.6 is 0 Å². The predicted molar refractivity (Wildman–Crippen MR) is 124 cm³/mol. The lowest BCUT2D eigenvalue weighted by Crippen LogP contribution is -2.49. The first-order valence-corrected chi connectivity index (χ1v) is 11.7. The van der Waals surface area contributed by atoms with E-state index in [1.54, 1.807) is 24.3 Å². The molecule has 0 radical (unpaired) electrons. The van der Waals surface area contributed by atoms with Crippen LogP contribution < -0.4 is 16.0 Å². The van der Waals surface area contributed by atoms with Gasteiger partial charge >= 0.3 is 0 Å². The maximum atomic E-state index is 12.8. The number of carbonyl (C=O) groups is 3. The topological polar surface area (TPSA) is 99.8 Å². The summed E-state index contributed by atoms with van der Waals surface area (Å²) in [5.74, 6) is -0.335. The first kappa shape index (κ1) is 24.2. The number of nitrogens with zero attached hydrogens (tertiary/aromatic N) is 1. The maximum absolute atomic E-state index is 12.8. The Bertz CT molecular complexity index is 769. The van der Waals surface area contributed by atoms with Crippen LogP contribution in [-0.4, -0.2) is 61.5 Å². The summed E-state index contributed by atoms with van der Waals surface area (Å²) in [5.41, 5.74) is 1.30. The van der Waals surface area contributed by atoms with Crippen LogP contribution in [0.5, 0.6) is 0 Å². The molecule has 8 heteroatoms. The molecule has 2 fully saturated rings. The molecule has 3 amide bonds. The van der Waals surface area contributed by atoms with Gasteiger partial charge in [0.05, 0.1) is 19.8 Å². The molecule has 3 N–H and O–H groups in total. The summed E-state index contributed by atoms with van der Waals surface area (Å²) in [4.78, 5) is 39.8. The van der Waals surface area contributed by atoms with Crippen LogP contribution in [-0.2, 0) is 19.1 Å². The van der Waals surface area contributed by atoms with Gasteiger partial charge in [0.25, 0.3) is 0 Å². The Kier molecular flexibility index (Phi) is 9.05. The highest BCUT2D eigenvalue weighted by Gasteiger charge is 2.28. The number of hydrogen-bond donors (Lipinski definition) is 3. The molecule has 32 heavy (non-hydrogen) atoms. The highest BCUT2D eigenvalue weighted by Crippen LogP contribution is 2.24. The van der Waals surface area contributed by atoms with Gasteiger partial charge in [-0.15, -0.1) is 0 Å². The molecule has 8 nitrogen and oxygen atoms in total. The van der Waals surface area contributed by atoms with Gasteiger partial charge in [-0.05, 0) is 43.0 Å². The van der Waals surface area contributed by atoms with Gasteiger partial charge < -0.3 is 20.7 Å². The van der Waals surface area contributed by atoms with E-state index in [1.807, 2.05) is 13.8 Å². The van der Waals surface area contributed by atoms with Crippen molar-refractivity contribution in [2.45, 2.75) is 52.0 Å². The number of ether oxygens (including phenoxy) is 1. The molecule has 0 aromatic heterocycles. The van der Waals surface area contributed by atoms with Crippen molar-refractivity contribution in [1.29, 1.82) is 0 Å². The summed E-state index contributed by atoms with van der Waals surface area (Å²) in [7, 11) is 0. The number of benzene rings is 1. The van der Waals surface area contributed by atoms with Crippen LogP contribution in [0.4, 0.5) is 11.4 Å². The third-order valence-corrected chi connectivity index (χ3v) is 6.13. The lowest BCUT2D eigenvalue weighted by Gasteiger charge is -2.26. The first-order valence-electron chi connectivity index (χ1n) is 11.7. The zero-order valence-electron chi connectivity index (χ0n) is 19.2. The van der Waals surface area contributed by atoms with Gasteiger partial charge in [0.2, 0.25) is 17.7 Å². The SMILES string of the molecule is CC(C)C(NC(=O)C1CCCCC1)C(=O)Nc1ccc(NC(=O)CN2CCOCC2)cc1. The predicted octanol–water partition coefficient (Wildman–Crippen LogP) is 2.62. The first-order chi connectivity index (χ1) is 15.4. The molecule has 0 bridgehead atoms. The van der Waals surface area contributed by atoms with Gasteiger partial charge in [0.15, 0.2) is 0 Å². The quantitative estimate of drug-likeness (QED) is 0.572. The second-order valence-corrected chi connectivity index (χ2v) is 9.07. The number of amides is 3. The number of hydrogen-bond acceptors (Lipinski definition) is 5. The van der Waals surface area contributed by atoms with Crippen molar-refractivity contribution < 1.29 is 19.1 Å². The second kappa shape index (κ2) is 12.0. The highest BCUT2D eigenvalue weighted by molar-refractivity contribution is 5.98. The minimum absolute atomic E-state index is 0.0122. The van der Waals surface area contributed by atoms with Crippen LogP contribution in [0.3, 0.4) is 0 Å². The molecule has 1 aliphatic heterocycles. The monoisotopic (exact) mass is 444 g/mol. The van der Waals surface area contributed by atoms with Crippen molar-refractivity contribution in [3.63, 3.8) is 0 Å². The summed E-state index contributed by atoms with van der Waals surface area (Å²) >= 11 is 0. The van der Waals surface area contributed by atoms with E-state index < -0.39 is 6.04 Å². The zero-order valence-corrected chi connectivity index (χ0v) is 19.2. The molecule has 1 atom stereocenters. The lowest BCUT2D eigenvalue weighted by atomic mass is 9.88. The van der Waals surface area contributed by atoms with Gasteiger partial charge in [-0.2, -0.15) is 0 Å². The molecule has 1 saturated heterocycles. The number of carbonyl (C=O) groups excluding carboxylic acids is 3. The minimum atomic E-state index is -0.586. The van der Waals surface area contributed by atoms with Crippen LogP contribution in [0.25, 0.3) is 0 Å². The fraction of sp³-hybridized carbons (Fsp3) is 0.625. The average molecular weight is 445 g/mol. The van der Waals surface area contributed by atoms with Crippen LogP contribution in [0, 0.1) is 11.8 Å². The number of rotatable bonds is 8. The summed E-state index contributed by atoms with van der Waals surface area (Å²) in [5, 5.41) is 8.73. The van der Waals surface area contributed by atoms with Crippen molar-refractivity contribution in [3.05, 3.63) is 24.3 Å². The molecule has 176 valence electrons. The summed E-state index contributed by atoms with van der Waals surface area (Å²) in [6.07, 6.45) is 5.13. The third-order valence-electron chi connectivity index (χ3n) is 6.13. The summed E-state index contributed by atoms with van der Waals surface area (Å²) in [6, 6.07) is 6.44. The van der Waals surface area contributed by atoms with Crippen LogP contribution in [0.15, 0.2) is 24.3 Å². The summed E-state index contributed by atoms with van der Waals surface area (Å²) < 4.78 is 5.30. The molecule has 1 unspecified atom stereocenters. The van der Waals surface area contributed by atoms with E-state index in [-0.39, 0.29) is 29.6 Å². The highest BCUT2D eigenvalue weighted by atomic mass is 16.5. The standard InChI is InChI=1S/C24H36N4O4/c1-17(2)22(27-23(30)18-6-4-3-5-7-18)24(31)26-20-10-8-19(9-11-20)25-21(29)16-28-12-14-32-15-13-28/h8-11,17-18,22H,3-7,12-16H2,1-2H3,(H,25,29)(H,26,31)(H,27,30). The fourth-order valence-corrected chi connectivity index (χ4v) is 4.19. The van der Waals surface area contributed by atoms with Gasteiger partial charge in [-0.1, -0.05) is 33.1 Å². The Hall–Kier alpha value is -2.45. The largest absolute Gasteiger partial charge is 0.379 e. The van der Waals surface area contributed by atoms with E-state index in [0.717, 1.165) is 38.8 Å². The van der Waals surface area contributed by atoms with Crippen molar-refractivity contribution in [2.75, 3.05) is 43.5 Å². The molecule has 3 rings (SSSR count). The molecule has 1 saturated carbocycles. The Morgan fingerprint density at radius 1 is 0.969 bits per heavy atom. The second-order valence-electron chi connectivity index (χ2n) is 9.07. The van der Waals surface area contributed by atoms with Gasteiger partial charge in [-0.25, -0.2) is 0 Å². The number of anilines is 2. The molecular formula is C24H36N4O4. The van der Waals surface area contributed by atoms with Crippen LogP contribution in [0.2, 0.25) is 0 Å². The smallest absolute Gasteiger partial charge is 0.247 e. The number of nitrogens with one attached hydrogen (secondary N) is 3. The van der Waals surface area contributed by atoms with Crippen molar-refractivity contribution in [2.24, 2.45) is 11.8 Å². The zero-order chi connectivity index (χ0) is 22.9. The minimum Gasteiger partial charge on any atom is -0.379 e. The lowest BCUT2D eigenvalue weighted by molar-refractivity contribution is -0.130. The molecule has 1 aromatic rings. The van der Waals surface area contributed by atoms with E-state index in [9.17, 15) is 14.4 Å². The van der Waals surface area contributed by atoms with Crippen LogP contribution in [0.1, 0.15) is 46.0 Å². The van der Waals surface area contributed by atoms with Gasteiger partial charge in [0.1, 0.15) is 6.04 Å². The van der Waals surface area contributed by atoms with Crippen molar-refractivity contribution in [1.82, 2.24) is 10.2 Å². The Morgan fingerprint density at radius 3 is 2.16 bits per heavy atom. The average Bonchev–Trinajstić information content (AvgIpc) is 2.79. The fourth-order valence-electron chi connectivity index (χ4n) is 4.19. The molecule has 1 aromatic carbocycles. The van der Waals surface area contributed by atoms with E-state index in [1.165, 1.54) is 6.42 Å². The summed E-state index contributed by atoms with van der Waals surface area (Å²) in [6.45, 7) is 7.01. The van der Waals surface area contributed by atoms with Crippen molar-refractivity contribution >= 4 is 29.1 Å². The van der Waals surface area contributed by atoms with E-state index in [2.05, 4.69) is 20.9 Å². The third kappa shape index (κ3) is 7.31. The van der Waals surface area contributed by atoms with Gasteiger partial charge in [-0.3, -0.25) is 19.3 Å².